The Hall–Kier alpha value is -2.86. The second-order valence-electron chi connectivity index (χ2n) is 8.79. The van der Waals surface area contributed by atoms with Crippen LogP contribution in [0.15, 0.2) is 59.3 Å². The molecule has 1 aliphatic heterocycles. The number of aliphatic hydroxyl groups is 1. The van der Waals surface area contributed by atoms with Gasteiger partial charge in [-0.05, 0) is 29.5 Å². The Morgan fingerprint density at radius 2 is 1.90 bits per heavy atom. The average molecular weight is 423 g/mol. The van der Waals surface area contributed by atoms with Crippen molar-refractivity contribution in [3.63, 3.8) is 0 Å². The molecule has 0 fully saturated rings. The van der Waals surface area contributed by atoms with Crippen LogP contribution in [-0.4, -0.2) is 32.8 Å². The van der Waals surface area contributed by atoms with Crippen molar-refractivity contribution in [2.24, 2.45) is 12.5 Å². The summed E-state index contributed by atoms with van der Waals surface area (Å²) >= 11 is 1.49. The Balaban J connectivity index is 1.69. The van der Waals surface area contributed by atoms with Crippen molar-refractivity contribution < 1.29 is 14.7 Å². The molecule has 0 spiro atoms. The molecular formula is C24H26N2O3S. The van der Waals surface area contributed by atoms with Gasteiger partial charge in [0.15, 0.2) is 11.5 Å². The van der Waals surface area contributed by atoms with Gasteiger partial charge in [-0.15, -0.1) is 11.3 Å². The number of Topliss-reactive ketones (excluding diaryl/α,β-unsaturated/α-hetero) is 1. The van der Waals surface area contributed by atoms with E-state index in [9.17, 15) is 14.7 Å². The van der Waals surface area contributed by atoms with E-state index in [0.29, 0.717) is 13.0 Å². The van der Waals surface area contributed by atoms with Crippen LogP contribution in [0.25, 0.3) is 10.9 Å². The van der Waals surface area contributed by atoms with E-state index in [0.717, 1.165) is 21.3 Å². The number of ketones is 1. The highest BCUT2D eigenvalue weighted by molar-refractivity contribution is 7.10. The number of fused-ring (bicyclic) bond motifs is 1. The third-order valence-electron chi connectivity index (χ3n) is 5.64. The zero-order chi connectivity index (χ0) is 21.6. The van der Waals surface area contributed by atoms with Gasteiger partial charge in [0, 0.05) is 41.0 Å². The van der Waals surface area contributed by atoms with Crippen LogP contribution in [0.3, 0.4) is 0 Å². The Morgan fingerprint density at radius 3 is 2.57 bits per heavy atom. The minimum absolute atomic E-state index is 0.195. The van der Waals surface area contributed by atoms with Crippen molar-refractivity contribution in [2.75, 3.05) is 6.54 Å². The number of hydrogen-bond donors (Lipinski definition) is 1. The second kappa shape index (κ2) is 7.43. The number of hydrogen-bond acceptors (Lipinski definition) is 4. The van der Waals surface area contributed by atoms with Crippen molar-refractivity contribution in [3.05, 3.63) is 69.7 Å². The third kappa shape index (κ3) is 3.35. The molecule has 5 nitrogen and oxygen atoms in total. The Labute approximate surface area is 180 Å². The number of nitrogens with zero attached hydrogens (tertiary/aromatic N) is 2. The third-order valence-corrected chi connectivity index (χ3v) is 6.57. The zero-order valence-corrected chi connectivity index (χ0v) is 18.5. The molecule has 3 aromatic rings. The molecule has 1 N–H and O–H groups in total. The summed E-state index contributed by atoms with van der Waals surface area (Å²) in [6.45, 7) is 5.85. The summed E-state index contributed by atoms with van der Waals surface area (Å²) in [5.74, 6) is -1.08. The van der Waals surface area contributed by atoms with Gasteiger partial charge in [0.25, 0.3) is 5.91 Å². The minimum Gasteiger partial charge on any atom is -0.503 e. The summed E-state index contributed by atoms with van der Waals surface area (Å²) in [7, 11) is 2.01. The van der Waals surface area contributed by atoms with Crippen LogP contribution in [0.4, 0.5) is 0 Å². The van der Waals surface area contributed by atoms with E-state index in [1.165, 1.54) is 11.3 Å². The summed E-state index contributed by atoms with van der Waals surface area (Å²) in [5.41, 5.74) is 1.80. The van der Waals surface area contributed by atoms with E-state index in [-0.39, 0.29) is 11.4 Å². The first-order valence-corrected chi connectivity index (χ1v) is 10.9. The number of benzene rings is 1. The Bertz CT molecular complexity index is 1150. The molecule has 2 aromatic heterocycles. The van der Waals surface area contributed by atoms with Crippen LogP contribution in [-0.2, 0) is 23.1 Å². The molecule has 1 amide bonds. The number of para-hydroxylation sites is 1. The van der Waals surface area contributed by atoms with Gasteiger partial charge in [-0.2, -0.15) is 0 Å². The molecule has 30 heavy (non-hydrogen) atoms. The van der Waals surface area contributed by atoms with E-state index < -0.39 is 23.1 Å². The highest BCUT2D eigenvalue weighted by Crippen LogP contribution is 2.42. The lowest BCUT2D eigenvalue weighted by Crippen LogP contribution is -2.34. The number of aliphatic hydroxyl groups excluding tert-OH is 1. The highest BCUT2D eigenvalue weighted by Gasteiger charge is 2.46. The van der Waals surface area contributed by atoms with Crippen LogP contribution in [0.2, 0.25) is 0 Å². The molecule has 0 radical (unpaired) electrons. The molecular weight excluding hydrogens is 396 g/mol. The SMILES string of the molecule is Cn1cc(CCN2C(=O)C(O)=C(C(=O)C(C)(C)C)C2c2cccs2)c2ccccc21. The van der Waals surface area contributed by atoms with Crippen LogP contribution in [0.5, 0.6) is 0 Å². The predicted molar refractivity (Wildman–Crippen MR) is 120 cm³/mol. The van der Waals surface area contributed by atoms with Gasteiger partial charge in [0.1, 0.15) is 0 Å². The van der Waals surface area contributed by atoms with E-state index in [2.05, 4.69) is 22.9 Å². The van der Waals surface area contributed by atoms with E-state index >= 15 is 0 Å². The lowest BCUT2D eigenvalue weighted by molar-refractivity contribution is -0.129. The first-order valence-electron chi connectivity index (χ1n) is 10.1. The molecule has 3 heterocycles. The van der Waals surface area contributed by atoms with Crippen LogP contribution in [0.1, 0.15) is 37.3 Å². The summed E-state index contributed by atoms with van der Waals surface area (Å²) in [6.07, 6.45) is 2.72. The first kappa shape index (κ1) is 20.4. The first-order chi connectivity index (χ1) is 14.2. The number of rotatable bonds is 5. The Kier molecular flexibility index (Phi) is 5.06. The van der Waals surface area contributed by atoms with Crippen molar-refractivity contribution >= 4 is 33.9 Å². The standard InChI is InChI=1S/C24H26N2O3S/c1-24(2,3)22(28)19-20(18-10-7-13-30-18)26(23(29)21(19)27)12-11-15-14-25(4)17-9-6-5-8-16(15)17/h5-10,13-14,20,27H,11-12H2,1-4H3. The average Bonchev–Trinajstić information content (AvgIpc) is 3.39. The van der Waals surface area contributed by atoms with Crippen molar-refractivity contribution in [2.45, 2.75) is 33.2 Å². The molecule has 0 saturated heterocycles. The van der Waals surface area contributed by atoms with E-state index in [1.807, 2.05) is 57.5 Å². The number of thiophene rings is 1. The maximum absolute atomic E-state index is 13.1. The second-order valence-corrected chi connectivity index (χ2v) is 9.77. The molecule has 6 heteroatoms. The van der Waals surface area contributed by atoms with Gasteiger partial charge < -0.3 is 14.6 Å². The van der Waals surface area contributed by atoms with Crippen LogP contribution < -0.4 is 0 Å². The molecule has 156 valence electrons. The minimum atomic E-state index is -0.690. The fourth-order valence-electron chi connectivity index (χ4n) is 4.13. The lowest BCUT2D eigenvalue weighted by Gasteiger charge is -2.27. The summed E-state index contributed by atoms with van der Waals surface area (Å²) < 4.78 is 2.08. The van der Waals surface area contributed by atoms with E-state index in [4.69, 9.17) is 0 Å². The Morgan fingerprint density at radius 1 is 1.17 bits per heavy atom. The zero-order valence-electron chi connectivity index (χ0n) is 17.7. The summed E-state index contributed by atoms with van der Waals surface area (Å²) in [5, 5.41) is 13.8. The maximum atomic E-state index is 13.1. The predicted octanol–water partition coefficient (Wildman–Crippen LogP) is 4.79. The molecule has 4 rings (SSSR count). The molecule has 1 aliphatic rings. The lowest BCUT2D eigenvalue weighted by atomic mass is 9.83. The van der Waals surface area contributed by atoms with Gasteiger partial charge in [-0.3, -0.25) is 9.59 Å². The molecule has 1 atom stereocenters. The quantitative estimate of drug-likeness (QED) is 0.643. The van der Waals surface area contributed by atoms with Gasteiger partial charge in [0.05, 0.1) is 11.6 Å². The van der Waals surface area contributed by atoms with Gasteiger partial charge in [-0.25, -0.2) is 0 Å². The molecule has 0 saturated carbocycles. The van der Waals surface area contributed by atoms with Crippen LogP contribution in [0, 0.1) is 5.41 Å². The van der Waals surface area contributed by atoms with Crippen molar-refractivity contribution in [1.29, 1.82) is 0 Å². The van der Waals surface area contributed by atoms with Crippen molar-refractivity contribution in [1.82, 2.24) is 9.47 Å². The number of aromatic nitrogens is 1. The largest absolute Gasteiger partial charge is 0.503 e. The molecule has 0 bridgehead atoms. The van der Waals surface area contributed by atoms with E-state index in [1.54, 1.807) is 4.90 Å². The maximum Gasteiger partial charge on any atom is 0.290 e. The fourth-order valence-corrected chi connectivity index (χ4v) is 4.97. The number of amides is 1. The van der Waals surface area contributed by atoms with Gasteiger partial charge >= 0.3 is 0 Å². The van der Waals surface area contributed by atoms with Crippen molar-refractivity contribution in [3.8, 4) is 0 Å². The molecule has 1 aromatic carbocycles. The topological polar surface area (TPSA) is 62.5 Å². The summed E-state index contributed by atoms with van der Waals surface area (Å²) in [4.78, 5) is 28.7. The fraction of sp³-hybridized carbons (Fsp3) is 0.333. The highest BCUT2D eigenvalue weighted by atomic mass is 32.1. The van der Waals surface area contributed by atoms with Crippen LogP contribution >= 0.6 is 11.3 Å². The number of carbonyl (C=O) groups is 2. The van der Waals surface area contributed by atoms with Gasteiger partial charge in [0.2, 0.25) is 0 Å². The smallest absolute Gasteiger partial charge is 0.290 e. The molecule has 1 unspecified atom stereocenters. The number of aryl methyl sites for hydroxylation is 1. The monoisotopic (exact) mass is 422 g/mol. The normalized spacial score (nSPS) is 17.4. The summed E-state index contributed by atoms with van der Waals surface area (Å²) in [6, 6.07) is 11.5. The molecule has 0 aliphatic carbocycles. The van der Waals surface area contributed by atoms with Gasteiger partial charge in [-0.1, -0.05) is 45.0 Å². The number of carbonyl (C=O) groups excluding carboxylic acids is 2.